The Morgan fingerprint density at radius 2 is 1.12 bits per heavy atom. The van der Waals surface area contributed by atoms with Crippen LogP contribution >= 0.6 is 0 Å². The smallest absolute Gasteiger partial charge is 0.171 e. The van der Waals surface area contributed by atoms with Crippen LogP contribution in [0, 0.1) is 0 Å². The number of halogens is 9. The van der Waals surface area contributed by atoms with E-state index in [1.165, 1.54) is 0 Å². The van der Waals surface area contributed by atoms with Gasteiger partial charge in [0.15, 0.2) is 0 Å². The molecule has 0 nitrogen and oxygen atoms in total. The van der Waals surface area contributed by atoms with Gasteiger partial charge in [-0.05, 0) is 6.92 Å². The van der Waals surface area contributed by atoms with E-state index in [0.717, 1.165) is 0 Å². The van der Waals surface area contributed by atoms with Crippen molar-refractivity contribution in [3.63, 3.8) is 0 Å². The van der Waals surface area contributed by atoms with Crippen LogP contribution in [0.15, 0.2) is 11.1 Å². The van der Waals surface area contributed by atoms with E-state index in [-0.39, 0.29) is 6.92 Å². The molecule has 0 aromatic carbocycles. The van der Waals surface area contributed by atoms with Gasteiger partial charge in [0.05, 0.1) is 6.42 Å². The lowest BCUT2D eigenvalue weighted by molar-refractivity contribution is -0.156. The van der Waals surface area contributed by atoms with Gasteiger partial charge in [0.2, 0.25) is 0 Å². The summed E-state index contributed by atoms with van der Waals surface area (Å²) in [5.41, 5.74) is -4.90. The highest BCUT2D eigenvalue weighted by molar-refractivity contribution is 5.22. The van der Waals surface area contributed by atoms with Crippen LogP contribution in [0.5, 0.6) is 0 Å². The molecule has 16 heavy (non-hydrogen) atoms. The van der Waals surface area contributed by atoms with Gasteiger partial charge in [-0.15, -0.1) is 0 Å². The summed E-state index contributed by atoms with van der Waals surface area (Å²) < 4.78 is 107. The molecule has 0 atom stereocenters. The van der Waals surface area contributed by atoms with Crippen LogP contribution in [0.1, 0.15) is 13.3 Å². The lowest BCUT2D eigenvalue weighted by atomic mass is 10.1. The van der Waals surface area contributed by atoms with Crippen LogP contribution in [-0.4, -0.2) is 18.5 Å². The van der Waals surface area contributed by atoms with E-state index in [2.05, 4.69) is 0 Å². The van der Waals surface area contributed by atoms with Crippen molar-refractivity contribution in [1.82, 2.24) is 0 Å². The minimum absolute atomic E-state index is 0.0332. The molecule has 0 aliphatic heterocycles. The third-order valence-electron chi connectivity index (χ3n) is 1.60. The Labute approximate surface area is 83.7 Å². The molecule has 0 radical (unpaired) electrons. The van der Waals surface area contributed by atoms with Gasteiger partial charge in [-0.2, -0.15) is 39.5 Å². The molecule has 9 heteroatoms. The zero-order chi connectivity index (χ0) is 13.4. The van der Waals surface area contributed by atoms with Gasteiger partial charge in [0.25, 0.3) is 0 Å². The van der Waals surface area contributed by atoms with E-state index in [1.807, 2.05) is 0 Å². The van der Waals surface area contributed by atoms with E-state index in [4.69, 9.17) is 0 Å². The Morgan fingerprint density at radius 1 is 0.750 bits per heavy atom. The molecular formula is C7H5F9. The molecule has 0 aliphatic carbocycles. The Hall–Kier alpha value is -0.890. The first kappa shape index (κ1) is 15.1. The summed E-state index contributed by atoms with van der Waals surface area (Å²) in [4.78, 5) is 0. The minimum Gasteiger partial charge on any atom is -0.171 e. The summed E-state index contributed by atoms with van der Waals surface area (Å²) in [6, 6.07) is 0. The molecule has 0 unspecified atom stereocenters. The molecule has 96 valence electrons. The van der Waals surface area contributed by atoms with Gasteiger partial charge in [-0.25, -0.2) is 0 Å². The van der Waals surface area contributed by atoms with Crippen molar-refractivity contribution in [3.8, 4) is 0 Å². The van der Waals surface area contributed by atoms with Gasteiger partial charge in [-0.1, -0.05) is 0 Å². The number of rotatable bonds is 1. The van der Waals surface area contributed by atoms with E-state index in [9.17, 15) is 39.5 Å². The zero-order valence-corrected chi connectivity index (χ0v) is 7.61. The van der Waals surface area contributed by atoms with Gasteiger partial charge < -0.3 is 0 Å². The second kappa shape index (κ2) is 4.17. The molecule has 0 aromatic heterocycles. The molecule has 0 N–H and O–H groups in total. The predicted octanol–water partition coefficient (Wildman–Crippen LogP) is 4.38. The van der Waals surface area contributed by atoms with E-state index >= 15 is 0 Å². The average molecular weight is 260 g/mol. The van der Waals surface area contributed by atoms with Crippen LogP contribution in [-0.2, 0) is 0 Å². The van der Waals surface area contributed by atoms with Crippen LogP contribution in [0.4, 0.5) is 39.5 Å². The third-order valence-corrected chi connectivity index (χ3v) is 1.60. The van der Waals surface area contributed by atoms with Gasteiger partial charge in [0, 0.05) is 11.1 Å². The normalized spacial score (nSPS) is 16.1. The molecule has 0 spiro atoms. The highest BCUT2D eigenvalue weighted by atomic mass is 19.4. The second-order valence-electron chi connectivity index (χ2n) is 2.89. The minimum atomic E-state index is -5.66. The van der Waals surface area contributed by atoms with Crippen molar-refractivity contribution in [1.29, 1.82) is 0 Å². The van der Waals surface area contributed by atoms with Crippen LogP contribution in [0.3, 0.4) is 0 Å². The monoisotopic (exact) mass is 260 g/mol. The van der Waals surface area contributed by atoms with Crippen LogP contribution in [0.2, 0.25) is 0 Å². The summed E-state index contributed by atoms with van der Waals surface area (Å²) >= 11 is 0. The Balaban J connectivity index is 5.44. The summed E-state index contributed by atoms with van der Waals surface area (Å²) in [6.07, 6.45) is -19.1. The fourth-order valence-electron chi connectivity index (χ4n) is 0.817. The Morgan fingerprint density at radius 3 is 1.31 bits per heavy atom. The standard InChI is InChI=1S/C7H5F9/c1-3(6(11,12)13)4(7(14,15)16)2-5(8,9)10/h2H2,1H3. The summed E-state index contributed by atoms with van der Waals surface area (Å²) in [5, 5.41) is 0. The highest BCUT2D eigenvalue weighted by Crippen LogP contribution is 2.41. The van der Waals surface area contributed by atoms with Crippen molar-refractivity contribution >= 4 is 0 Å². The second-order valence-corrected chi connectivity index (χ2v) is 2.89. The Kier molecular flexibility index (Phi) is 3.94. The van der Waals surface area contributed by atoms with Gasteiger partial charge in [-0.3, -0.25) is 0 Å². The maximum Gasteiger partial charge on any atom is 0.413 e. The molecule has 0 heterocycles. The maximum atomic E-state index is 12.0. The van der Waals surface area contributed by atoms with Crippen molar-refractivity contribution < 1.29 is 39.5 Å². The number of hydrogen-bond donors (Lipinski definition) is 0. The largest absolute Gasteiger partial charge is 0.413 e. The fourth-order valence-corrected chi connectivity index (χ4v) is 0.817. The van der Waals surface area contributed by atoms with Crippen molar-refractivity contribution in [2.24, 2.45) is 0 Å². The molecule has 0 bridgehead atoms. The molecule has 0 amide bonds. The van der Waals surface area contributed by atoms with Crippen LogP contribution in [0.25, 0.3) is 0 Å². The first-order valence-corrected chi connectivity index (χ1v) is 3.66. The maximum absolute atomic E-state index is 12.0. The lowest BCUT2D eigenvalue weighted by Crippen LogP contribution is -2.25. The topological polar surface area (TPSA) is 0 Å². The highest BCUT2D eigenvalue weighted by Gasteiger charge is 2.47. The quantitative estimate of drug-likeness (QED) is 0.484. The lowest BCUT2D eigenvalue weighted by Gasteiger charge is -2.18. The van der Waals surface area contributed by atoms with Gasteiger partial charge >= 0.3 is 18.5 Å². The van der Waals surface area contributed by atoms with Crippen molar-refractivity contribution in [2.45, 2.75) is 31.9 Å². The fraction of sp³-hybridized carbons (Fsp3) is 0.714. The summed E-state index contributed by atoms with van der Waals surface area (Å²) in [6.45, 7) is -0.0332. The van der Waals surface area contributed by atoms with Crippen molar-refractivity contribution in [3.05, 3.63) is 11.1 Å². The van der Waals surface area contributed by atoms with E-state index in [1.54, 1.807) is 0 Å². The Bertz CT molecular complexity index is 274. The molecule has 0 saturated carbocycles. The van der Waals surface area contributed by atoms with E-state index < -0.39 is 36.1 Å². The van der Waals surface area contributed by atoms with Crippen LogP contribution < -0.4 is 0 Å². The average Bonchev–Trinajstić information content (AvgIpc) is 1.93. The zero-order valence-electron chi connectivity index (χ0n) is 7.61. The molecule has 0 aliphatic rings. The first-order chi connectivity index (χ1) is 6.75. The molecule has 0 rings (SSSR count). The third kappa shape index (κ3) is 4.75. The molecular weight excluding hydrogens is 255 g/mol. The van der Waals surface area contributed by atoms with E-state index in [0.29, 0.717) is 0 Å². The van der Waals surface area contributed by atoms with Gasteiger partial charge in [0.1, 0.15) is 0 Å². The molecule has 0 aromatic rings. The number of alkyl halides is 9. The molecule has 0 saturated heterocycles. The predicted molar refractivity (Wildman–Crippen MR) is 35.5 cm³/mol. The SMILES string of the molecule is CC(=C(CC(F)(F)F)C(F)(F)F)C(F)(F)F. The molecule has 0 fully saturated rings. The first-order valence-electron chi connectivity index (χ1n) is 3.66. The summed E-state index contributed by atoms with van der Waals surface area (Å²) in [7, 11) is 0. The number of hydrogen-bond acceptors (Lipinski definition) is 0. The summed E-state index contributed by atoms with van der Waals surface area (Å²) in [5.74, 6) is 0. The number of allylic oxidation sites excluding steroid dienone is 2. The van der Waals surface area contributed by atoms with Crippen molar-refractivity contribution in [2.75, 3.05) is 0 Å².